The number of ether oxygens (including phenoxy) is 2. The van der Waals surface area contributed by atoms with Crippen LogP contribution >= 0.6 is 0 Å². The van der Waals surface area contributed by atoms with Crippen molar-refractivity contribution in [1.29, 1.82) is 0 Å². The number of para-hydroxylation sites is 1. The summed E-state index contributed by atoms with van der Waals surface area (Å²) >= 11 is 0. The van der Waals surface area contributed by atoms with Gasteiger partial charge < -0.3 is 14.4 Å². The molecule has 0 N–H and O–H groups in total. The number of hydrogen-bond donors (Lipinski definition) is 0. The highest BCUT2D eigenvalue weighted by Gasteiger charge is 2.56. The summed E-state index contributed by atoms with van der Waals surface area (Å²) in [5.74, 6) is 0.584. The third-order valence-corrected chi connectivity index (χ3v) is 6.84. The highest BCUT2D eigenvalue weighted by Crippen LogP contribution is 2.36. The number of morpholine rings is 1. The van der Waals surface area contributed by atoms with E-state index in [0.29, 0.717) is 45.1 Å². The van der Waals surface area contributed by atoms with Crippen molar-refractivity contribution in [2.45, 2.75) is 11.6 Å². The maximum Gasteiger partial charge on any atom is 0.260 e. The molecule has 0 aliphatic carbocycles. The largest absolute Gasteiger partial charge is 0.484 e. The van der Waals surface area contributed by atoms with Crippen molar-refractivity contribution in [2.24, 2.45) is 0 Å². The predicted octanol–water partition coefficient (Wildman–Crippen LogP) is -0.378. The van der Waals surface area contributed by atoms with Crippen LogP contribution in [0.2, 0.25) is 0 Å². The molecule has 1 amide bonds. The highest BCUT2D eigenvalue weighted by atomic mass is 32.2. The van der Waals surface area contributed by atoms with Crippen LogP contribution in [0, 0.1) is 0 Å². The Morgan fingerprint density at radius 2 is 2.00 bits per heavy atom. The predicted molar refractivity (Wildman–Crippen MR) is 99.0 cm³/mol. The van der Waals surface area contributed by atoms with E-state index in [1.165, 1.54) is 10.6 Å². The zero-order valence-corrected chi connectivity index (χ0v) is 16.2. The SMILES string of the molecule is CS(=O)(=O)N1C[C@@H]2COCCN2C2(CN(C(=O)COc3ccccc3)C2)C1. The molecule has 1 spiro atoms. The van der Waals surface area contributed by atoms with E-state index in [2.05, 4.69) is 4.90 Å². The van der Waals surface area contributed by atoms with E-state index in [4.69, 9.17) is 9.47 Å². The van der Waals surface area contributed by atoms with E-state index >= 15 is 0 Å². The van der Waals surface area contributed by atoms with Gasteiger partial charge in [-0.05, 0) is 12.1 Å². The second-order valence-corrected chi connectivity index (χ2v) is 9.54. The fourth-order valence-electron chi connectivity index (χ4n) is 4.28. The van der Waals surface area contributed by atoms with E-state index in [1.54, 1.807) is 4.90 Å². The van der Waals surface area contributed by atoms with E-state index in [1.807, 2.05) is 30.3 Å². The van der Waals surface area contributed by atoms with Gasteiger partial charge in [0.1, 0.15) is 5.75 Å². The van der Waals surface area contributed by atoms with Gasteiger partial charge in [-0.3, -0.25) is 9.69 Å². The van der Waals surface area contributed by atoms with Crippen LogP contribution in [0.1, 0.15) is 0 Å². The van der Waals surface area contributed by atoms with Crippen molar-refractivity contribution in [3.05, 3.63) is 30.3 Å². The Morgan fingerprint density at radius 1 is 1.26 bits per heavy atom. The van der Waals surface area contributed by atoms with Gasteiger partial charge in [-0.2, -0.15) is 4.31 Å². The first kappa shape index (κ1) is 18.7. The van der Waals surface area contributed by atoms with Gasteiger partial charge in [0.2, 0.25) is 10.0 Å². The molecule has 0 aromatic heterocycles. The summed E-state index contributed by atoms with van der Waals surface area (Å²) in [6.07, 6.45) is 1.25. The molecule has 1 aromatic rings. The molecule has 148 valence electrons. The molecule has 9 heteroatoms. The molecule has 3 heterocycles. The summed E-state index contributed by atoms with van der Waals surface area (Å²) in [6.45, 7) is 3.84. The molecule has 8 nitrogen and oxygen atoms in total. The molecule has 3 aliphatic heterocycles. The Balaban J connectivity index is 1.41. The molecule has 3 fully saturated rings. The summed E-state index contributed by atoms with van der Waals surface area (Å²) in [6, 6.07) is 9.28. The molecular weight excluding hydrogens is 370 g/mol. The first-order chi connectivity index (χ1) is 12.9. The van der Waals surface area contributed by atoms with Gasteiger partial charge in [-0.15, -0.1) is 0 Å². The third-order valence-electron chi connectivity index (χ3n) is 5.62. The fourth-order valence-corrected chi connectivity index (χ4v) is 5.19. The van der Waals surface area contributed by atoms with Crippen LogP contribution in [0.5, 0.6) is 5.75 Å². The lowest BCUT2D eigenvalue weighted by Gasteiger charge is -2.62. The molecule has 0 radical (unpaired) electrons. The Morgan fingerprint density at radius 3 is 2.70 bits per heavy atom. The summed E-state index contributed by atoms with van der Waals surface area (Å²) < 4.78 is 36.9. The minimum atomic E-state index is -3.28. The van der Waals surface area contributed by atoms with Crippen LogP contribution in [-0.4, -0.2) is 98.8 Å². The van der Waals surface area contributed by atoms with E-state index in [-0.39, 0.29) is 24.1 Å². The van der Waals surface area contributed by atoms with Crippen molar-refractivity contribution in [3.63, 3.8) is 0 Å². The van der Waals surface area contributed by atoms with Crippen LogP contribution in [-0.2, 0) is 19.6 Å². The molecular formula is C18H25N3O5S. The van der Waals surface area contributed by atoms with Gasteiger partial charge in [0.05, 0.1) is 25.0 Å². The molecule has 27 heavy (non-hydrogen) atoms. The molecule has 0 unspecified atom stereocenters. The Labute approximate surface area is 159 Å². The van der Waals surface area contributed by atoms with Crippen LogP contribution in [0.25, 0.3) is 0 Å². The number of sulfonamides is 1. The number of nitrogens with zero attached hydrogens (tertiary/aromatic N) is 3. The van der Waals surface area contributed by atoms with Gasteiger partial charge in [-0.25, -0.2) is 8.42 Å². The minimum absolute atomic E-state index is 0.0115. The van der Waals surface area contributed by atoms with Crippen LogP contribution in [0.4, 0.5) is 0 Å². The smallest absolute Gasteiger partial charge is 0.260 e. The van der Waals surface area contributed by atoms with Gasteiger partial charge in [-0.1, -0.05) is 18.2 Å². The molecule has 3 saturated heterocycles. The van der Waals surface area contributed by atoms with Crippen LogP contribution < -0.4 is 4.74 Å². The number of likely N-dealkylation sites (tertiary alicyclic amines) is 1. The first-order valence-electron chi connectivity index (χ1n) is 9.13. The minimum Gasteiger partial charge on any atom is -0.484 e. The summed E-state index contributed by atoms with van der Waals surface area (Å²) in [5, 5.41) is 0. The molecule has 0 saturated carbocycles. The number of carbonyl (C=O) groups is 1. The number of benzene rings is 1. The number of piperazine rings is 1. The van der Waals surface area contributed by atoms with Crippen LogP contribution in [0.15, 0.2) is 30.3 Å². The van der Waals surface area contributed by atoms with Crippen molar-refractivity contribution < 1.29 is 22.7 Å². The second-order valence-electron chi connectivity index (χ2n) is 7.55. The van der Waals surface area contributed by atoms with Gasteiger partial charge in [0.15, 0.2) is 6.61 Å². The average Bonchev–Trinajstić information content (AvgIpc) is 2.63. The van der Waals surface area contributed by atoms with Crippen molar-refractivity contribution in [3.8, 4) is 5.75 Å². The normalized spacial score (nSPS) is 25.7. The summed E-state index contributed by atoms with van der Waals surface area (Å²) in [5.41, 5.74) is -0.321. The van der Waals surface area contributed by atoms with Crippen LogP contribution in [0.3, 0.4) is 0 Å². The monoisotopic (exact) mass is 395 g/mol. The lowest BCUT2D eigenvalue weighted by molar-refractivity contribution is -0.171. The zero-order valence-electron chi connectivity index (χ0n) is 15.4. The molecule has 1 aromatic carbocycles. The van der Waals surface area contributed by atoms with E-state index in [9.17, 15) is 13.2 Å². The maximum atomic E-state index is 12.5. The summed E-state index contributed by atoms with van der Waals surface area (Å²) in [4.78, 5) is 16.6. The zero-order chi connectivity index (χ0) is 19.1. The Bertz CT molecular complexity index is 794. The summed E-state index contributed by atoms with van der Waals surface area (Å²) in [7, 11) is -3.28. The number of rotatable bonds is 4. The Kier molecular flexibility index (Phi) is 4.87. The van der Waals surface area contributed by atoms with Crippen molar-refractivity contribution >= 4 is 15.9 Å². The number of amides is 1. The molecule has 1 atom stereocenters. The van der Waals surface area contributed by atoms with Crippen molar-refractivity contribution in [2.75, 3.05) is 58.8 Å². The van der Waals surface area contributed by atoms with E-state index in [0.717, 1.165) is 6.54 Å². The van der Waals surface area contributed by atoms with Gasteiger partial charge in [0.25, 0.3) is 5.91 Å². The highest BCUT2D eigenvalue weighted by molar-refractivity contribution is 7.88. The lowest BCUT2D eigenvalue weighted by atomic mass is 9.83. The third kappa shape index (κ3) is 3.69. The van der Waals surface area contributed by atoms with Gasteiger partial charge >= 0.3 is 0 Å². The quantitative estimate of drug-likeness (QED) is 0.692. The average molecular weight is 395 g/mol. The number of hydrogen-bond acceptors (Lipinski definition) is 6. The fraction of sp³-hybridized carbons (Fsp3) is 0.611. The first-order valence-corrected chi connectivity index (χ1v) is 11.0. The lowest BCUT2D eigenvalue weighted by Crippen LogP contribution is -2.81. The molecule has 4 rings (SSSR count). The standard InChI is InChI=1S/C18H25N3O5S/c1-27(23,24)20-9-15-10-25-8-7-21(15)18(14-20)12-19(13-18)17(22)11-26-16-5-3-2-4-6-16/h2-6,15H,7-14H2,1H3/t15-/m1/s1. The van der Waals surface area contributed by atoms with E-state index < -0.39 is 10.0 Å². The van der Waals surface area contributed by atoms with Gasteiger partial charge in [0, 0.05) is 38.8 Å². The number of fused-ring (bicyclic) bond motifs is 2. The number of carbonyl (C=O) groups excluding carboxylic acids is 1. The second kappa shape index (κ2) is 7.05. The molecule has 3 aliphatic rings. The van der Waals surface area contributed by atoms with Crippen molar-refractivity contribution in [1.82, 2.24) is 14.1 Å². The molecule has 0 bridgehead atoms. The topological polar surface area (TPSA) is 79.4 Å². The Hall–Kier alpha value is -1.68. The maximum absolute atomic E-state index is 12.5.